The zero-order chi connectivity index (χ0) is 13.0. The lowest BCUT2D eigenvalue weighted by molar-refractivity contribution is -0.299. The van der Waals surface area contributed by atoms with Crippen LogP contribution in [0.3, 0.4) is 0 Å². The van der Waals surface area contributed by atoms with Crippen LogP contribution >= 0.6 is 0 Å². The van der Waals surface area contributed by atoms with Crippen molar-refractivity contribution in [1.82, 2.24) is 0 Å². The Bertz CT molecular complexity index is 255. The van der Waals surface area contributed by atoms with Crippen LogP contribution in [0, 0.1) is 0 Å². The van der Waals surface area contributed by atoms with Gasteiger partial charge in [-0.25, -0.2) is 0 Å². The molecule has 0 radical (unpaired) electrons. The molecule has 0 aliphatic carbocycles. The molecule has 0 bridgehead atoms. The minimum atomic E-state index is -1.48. The summed E-state index contributed by atoms with van der Waals surface area (Å²) in [5, 5.41) is 37.4. The first kappa shape index (κ1) is 14.5. The van der Waals surface area contributed by atoms with Gasteiger partial charge in [-0.1, -0.05) is 6.92 Å². The van der Waals surface area contributed by atoms with Gasteiger partial charge in [-0.15, -0.1) is 0 Å². The number of Topliss-reactive ketones (excluding diaryl/α,β-unsaturated/α-hetero) is 1. The molecule has 1 fully saturated rings. The molecular formula is C10H18O7. The van der Waals surface area contributed by atoms with Crippen molar-refractivity contribution in [2.24, 2.45) is 0 Å². The molecule has 0 amide bonds. The summed E-state index contributed by atoms with van der Waals surface area (Å²) in [5.74, 6) is -0.179. The smallest absolute Gasteiger partial charge is 0.187 e. The lowest BCUT2D eigenvalue weighted by atomic mass is 9.99. The predicted octanol–water partition coefficient (Wildman–Crippen LogP) is -2.22. The van der Waals surface area contributed by atoms with Crippen LogP contribution < -0.4 is 0 Å². The molecule has 0 unspecified atom stereocenters. The van der Waals surface area contributed by atoms with E-state index in [4.69, 9.17) is 14.6 Å². The van der Waals surface area contributed by atoms with E-state index in [9.17, 15) is 20.1 Å². The Labute approximate surface area is 98.6 Å². The number of hydrogen-bond donors (Lipinski definition) is 4. The van der Waals surface area contributed by atoms with Gasteiger partial charge in [-0.2, -0.15) is 0 Å². The Morgan fingerprint density at radius 3 is 2.41 bits per heavy atom. The topological polar surface area (TPSA) is 116 Å². The Balaban J connectivity index is 2.56. The quantitative estimate of drug-likeness (QED) is 0.437. The third-order valence-corrected chi connectivity index (χ3v) is 2.65. The number of ketones is 1. The van der Waals surface area contributed by atoms with Crippen molar-refractivity contribution in [2.45, 2.75) is 44.1 Å². The van der Waals surface area contributed by atoms with Crippen molar-refractivity contribution in [1.29, 1.82) is 0 Å². The minimum Gasteiger partial charge on any atom is -0.394 e. The zero-order valence-electron chi connectivity index (χ0n) is 9.52. The number of aliphatic hydroxyl groups is 4. The van der Waals surface area contributed by atoms with E-state index in [1.807, 2.05) is 0 Å². The van der Waals surface area contributed by atoms with Gasteiger partial charge in [0.25, 0.3) is 0 Å². The van der Waals surface area contributed by atoms with Gasteiger partial charge in [0, 0.05) is 6.42 Å². The molecule has 0 aromatic carbocycles. The zero-order valence-corrected chi connectivity index (χ0v) is 9.52. The number of carbonyl (C=O) groups is 1. The maximum atomic E-state index is 11.0. The summed E-state index contributed by atoms with van der Waals surface area (Å²) >= 11 is 0. The van der Waals surface area contributed by atoms with E-state index in [2.05, 4.69) is 0 Å². The molecule has 1 aliphatic rings. The van der Waals surface area contributed by atoms with E-state index in [1.165, 1.54) is 0 Å². The van der Waals surface area contributed by atoms with Crippen LogP contribution in [0.2, 0.25) is 0 Å². The number of hydrogen-bond acceptors (Lipinski definition) is 7. The van der Waals surface area contributed by atoms with Gasteiger partial charge in [0.05, 0.1) is 6.61 Å². The molecular weight excluding hydrogens is 232 g/mol. The van der Waals surface area contributed by atoms with Crippen molar-refractivity contribution in [3.63, 3.8) is 0 Å². The highest BCUT2D eigenvalue weighted by Crippen LogP contribution is 2.21. The highest BCUT2D eigenvalue weighted by Gasteiger charge is 2.44. The molecule has 0 saturated carbocycles. The largest absolute Gasteiger partial charge is 0.394 e. The van der Waals surface area contributed by atoms with E-state index in [1.54, 1.807) is 6.92 Å². The van der Waals surface area contributed by atoms with Crippen LogP contribution in [-0.4, -0.2) is 70.1 Å². The number of aliphatic hydroxyl groups excluding tert-OH is 4. The predicted molar refractivity (Wildman–Crippen MR) is 55.0 cm³/mol. The summed E-state index contributed by atoms with van der Waals surface area (Å²) in [6, 6.07) is 0. The summed E-state index contributed by atoms with van der Waals surface area (Å²) in [6.45, 7) is 0.894. The van der Waals surface area contributed by atoms with Crippen molar-refractivity contribution < 1.29 is 34.7 Å². The fourth-order valence-corrected chi connectivity index (χ4v) is 1.48. The Morgan fingerprint density at radius 1 is 1.24 bits per heavy atom. The average molecular weight is 250 g/mol. The number of carbonyl (C=O) groups excluding carboxylic acids is 1. The maximum absolute atomic E-state index is 11.0. The SMILES string of the molecule is CCC(=O)CO[C@@H]1O[C@H](CO)[C@@H](O)[C@H](O)[C@H]1O. The fraction of sp³-hybridized carbons (Fsp3) is 0.900. The first-order chi connectivity index (χ1) is 8.01. The molecule has 7 nitrogen and oxygen atoms in total. The third kappa shape index (κ3) is 3.44. The minimum absolute atomic E-state index is 0.179. The summed E-state index contributed by atoms with van der Waals surface area (Å²) < 4.78 is 10.0. The van der Waals surface area contributed by atoms with Crippen molar-refractivity contribution in [2.75, 3.05) is 13.2 Å². The van der Waals surface area contributed by atoms with Gasteiger partial charge >= 0.3 is 0 Å². The van der Waals surface area contributed by atoms with E-state index < -0.39 is 37.3 Å². The summed E-state index contributed by atoms with van der Waals surface area (Å²) in [6.07, 6.45) is -6.33. The normalized spacial score (nSPS) is 38.1. The van der Waals surface area contributed by atoms with E-state index in [-0.39, 0.29) is 18.8 Å². The Hall–Kier alpha value is -0.570. The summed E-state index contributed by atoms with van der Waals surface area (Å²) in [4.78, 5) is 11.0. The number of ether oxygens (including phenoxy) is 2. The van der Waals surface area contributed by atoms with Crippen LogP contribution in [0.25, 0.3) is 0 Å². The molecule has 1 heterocycles. The van der Waals surface area contributed by atoms with Crippen molar-refractivity contribution in [3.8, 4) is 0 Å². The molecule has 17 heavy (non-hydrogen) atoms. The lowest BCUT2D eigenvalue weighted by Crippen LogP contribution is -2.59. The average Bonchev–Trinajstić information content (AvgIpc) is 2.34. The molecule has 0 spiro atoms. The highest BCUT2D eigenvalue weighted by molar-refractivity contribution is 5.79. The summed E-state index contributed by atoms with van der Waals surface area (Å²) in [5.41, 5.74) is 0. The van der Waals surface area contributed by atoms with E-state index in [0.717, 1.165) is 0 Å². The molecule has 100 valence electrons. The van der Waals surface area contributed by atoms with E-state index in [0.29, 0.717) is 0 Å². The molecule has 1 aliphatic heterocycles. The fourth-order valence-electron chi connectivity index (χ4n) is 1.48. The van der Waals surface area contributed by atoms with Gasteiger partial charge in [0.15, 0.2) is 12.1 Å². The lowest BCUT2D eigenvalue weighted by Gasteiger charge is -2.39. The maximum Gasteiger partial charge on any atom is 0.187 e. The molecule has 0 aromatic heterocycles. The van der Waals surface area contributed by atoms with Gasteiger partial charge in [0.2, 0.25) is 0 Å². The van der Waals surface area contributed by atoms with Crippen LogP contribution in [0.1, 0.15) is 13.3 Å². The van der Waals surface area contributed by atoms with Gasteiger partial charge < -0.3 is 29.9 Å². The first-order valence-electron chi connectivity index (χ1n) is 5.45. The van der Waals surface area contributed by atoms with Crippen molar-refractivity contribution in [3.05, 3.63) is 0 Å². The van der Waals surface area contributed by atoms with Crippen LogP contribution in [0.4, 0.5) is 0 Å². The molecule has 5 atom stereocenters. The second kappa shape index (κ2) is 6.39. The molecule has 1 rings (SSSR count). The van der Waals surface area contributed by atoms with Crippen molar-refractivity contribution >= 4 is 5.78 Å². The third-order valence-electron chi connectivity index (χ3n) is 2.65. The van der Waals surface area contributed by atoms with Crippen LogP contribution in [0.15, 0.2) is 0 Å². The Morgan fingerprint density at radius 2 is 1.88 bits per heavy atom. The second-order valence-electron chi connectivity index (χ2n) is 3.90. The molecule has 7 heteroatoms. The van der Waals surface area contributed by atoms with Crippen LogP contribution in [0.5, 0.6) is 0 Å². The second-order valence-corrected chi connectivity index (χ2v) is 3.90. The first-order valence-corrected chi connectivity index (χ1v) is 5.45. The van der Waals surface area contributed by atoms with E-state index >= 15 is 0 Å². The molecule has 4 N–H and O–H groups in total. The number of rotatable bonds is 5. The standard InChI is InChI=1S/C10H18O7/c1-2-5(12)4-16-10-9(15)8(14)7(13)6(3-11)17-10/h6-11,13-15H,2-4H2,1H3/t6-,7-,8+,9-,10-/m1/s1. The highest BCUT2D eigenvalue weighted by atomic mass is 16.7. The molecule has 0 aromatic rings. The monoisotopic (exact) mass is 250 g/mol. The Kier molecular flexibility index (Phi) is 5.44. The van der Waals surface area contributed by atoms with Crippen LogP contribution in [-0.2, 0) is 14.3 Å². The summed E-state index contributed by atoms with van der Waals surface area (Å²) in [7, 11) is 0. The van der Waals surface area contributed by atoms with Gasteiger partial charge in [-0.3, -0.25) is 4.79 Å². The van der Waals surface area contributed by atoms with Gasteiger partial charge in [-0.05, 0) is 0 Å². The van der Waals surface area contributed by atoms with Gasteiger partial charge in [0.1, 0.15) is 31.0 Å². The molecule has 1 saturated heterocycles.